The molecule has 1 amide bonds. The molecule has 2 aliphatic rings. The molecule has 1 aliphatic heterocycles. The van der Waals surface area contributed by atoms with Gasteiger partial charge in [0.2, 0.25) is 0 Å². The predicted octanol–water partition coefficient (Wildman–Crippen LogP) is 3.49. The summed E-state index contributed by atoms with van der Waals surface area (Å²) in [7, 11) is 0. The third kappa shape index (κ3) is 2.52. The van der Waals surface area contributed by atoms with Crippen LogP contribution in [0.1, 0.15) is 30.4 Å². The van der Waals surface area contributed by atoms with E-state index in [9.17, 15) is 9.90 Å². The number of aliphatic hydroxyl groups excluding tert-OH is 1. The Kier molecular flexibility index (Phi) is 4.17. The maximum Gasteiger partial charge on any atom is 0.272 e. The van der Waals surface area contributed by atoms with Crippen LogP contribution in [0, 0.1) is 13.5 Å². The van der Waals surface area contributed by atoms with E-state index in [1.54, 1.807) is 17.9 Å². The number of thiocarbonyl (C=S) groups is 1. The fraction of sp³-hybridized carbons (Fsp3) is 0.300. The summed E-state index contributed by atoms with van der Waals surface area (Å²) >= 11 is 5.71. The number of benzene rings is 1. The van der Waals surface area contributed by atoms with Crippen molar-refractivity contribution in [1.82, 2.24) is 4.98 Å². The fourth-order valence-corrected chi connectivity index (χ4v) is 4.22. The molecule has 1 N–H and O–H groups in total. The van der Waals surface area contributed by atoms with Crippen molar-refractivity contribution in [3.05, 3.63) is 59.1 Å². The molecule has 7 heteroatoms. The molecule has 1 saturated carbocycles. The number of hydrogen-bond acceptors (Lipinski definition) is 4. The van der Waals surface area contributed by atoms with E-state index in [4.69, 9.17) is 18.8 Å². The van der Waals surface area contributed by atoms with Crippen LogP contribution in [-0.2, 0) is 11.4 Å². The first-order valence-corrected chi connectivity index (χ1v) is 9.15. The van der Waals surface area contributed by atoms with Crippen molar-refractivity contribution in [2.75, 3.05) is 9.80 Å². The second kappa shape index (κ2) is 6.41. The van der Waals surface area contributed by atoms with Crippen LogP contribution in [0.25, 0.3) is 4.85 Å². The van der Waals surface area contributed by atoms with Crippen LogP contribution in [0.2, 0.25) is 0 Å². The third-order valence-electron chi connectivity index (χ3n) is 5.37. The molecule has 0 bridgehead atoms. The minimum atomic E-state index is -0.649. The summed E-state index contributed by atoms with van der Waals surface area (Å²) in [4.78, 5) is 24.4. The Morgan fingerprint density at radius 2 is 2.00 bits per heavy atom. The van der Waals surface area contributed by atoms with Crippen LogP contribution >= 0.6 is 12.2 Å². The maximum atomic E-state index is 13.4. The number of pyridine rings is 1. The van der Waals surface area contributed by atoms with Crippen molar-refractivity contribution in [3.8, 4) is 0 Å². The number of hydrogen-bond donors (Lipinski definition) is 1. The Balaban J connectivity index is 1.77. The van der Waals surface area contributed by atoms with Gasteiger partial charge in [0.25, 0.3) is 11.7 Å². The van der Waals surface area contributed by atoms with Gasteiger partial charge in [-0.15, -0.1) is 4.98 Å². The number of rotatable bonds is 3. The first-order valence-electron chi connectivity index (χ1n) is 8.74. The molecule has 0 unspecified atom stereocenters. The maximum absolute atomic E-state index is 13.4. The normalized spacial score (nSPS) is 18.0. The van der Waals surface area contributed by atoms with E-state index in [2.05, 4.69) is 9.83 Å². The van der Waals surface area contributed by atoms with Crippen LogP contribution in [-0.4, -0.2) is 26.6 Å². The van der Waals surface area contributed by atoms with Crippen LogP contribution in [0.5, 0.6) is 0 Å². The van der Waals surface area contributed by atoms with Gasteiger partial charge in [0, 0.05) is 5.69 Å². The van der Waals surface area contributed by atoms with E-state index in [0.29, 0.717) is 22.2 Å². The molecule has 2 fully saturated rings. The third-order valence-corrected chi connectivity index (χ3v) is 5.74. The van der Waals surface area contributed by atoms with Gasteiger partial charge in [-0.05, 0) is 67.7 Å². The van der Waals surface area contributed by atoms with Crippen molar-refractivity contribution >= 4 is 40.4 Å². The molecule has 1 aromatic carbocycles. The minimum absolute atomic E-state index is 0.0285. The number of aliphatic hydroxyl groups is 1. The van der Waals surface area contributed by atoms with Crippen molar-refractivity contribution in [1.29, 1.82) is 0 Å². The summed E-state index contributed by atoms with van der Waals surface area (Å²) < 4.78 is 0. The Morgan fingerprint density at radius 1 is 1.30 bits per heavy atom. The van der Waals surface area contributed by atoms with E-state index in [-0.39, 0.29) is 12.5 Å². The lowest BCUT2D eigenvalue weighted by Gasteiger charge is -2.43. The molecule has 0 atom stereocenters. The molecular weight excluding hydrogens is 360 g/mol. The van der Waals surface area contributed by atoms with E-state index in [0.717, 1.165) is 30.5 Å². The Morgan fingerprint density at radius 3 is 2.52 bits per heavy atom. The van der Waals surface area contributed by atoms with Crippen LogP contribution in [0.3, 0.4) is 0 Å². The van der Waals surface area contributed by atoms with Gasteiger partial charge < -0.3 is 14.9 Å². The number of nitrogens with zero attached hydrogens (tertiary/aromatic N) is 4. The number of anilines is 2. The predicted molar refractivity (Wildman–Crippen MR) is 107 cm³/mol. The average molecular weight is 378 g/mol. The van der Waals surface area contributed by atoms with Gasteiger partial charge in [0.05, 0.1) is 12.3 Å². The van der Waals surface area contributed by atoms with Gasteiger partial charge in [-0.1, -0.05) is 18.7 Å². The van der Waals surface area contributed by atoms with Crippen molar-refractivity contribution in [2.24, 2.45) is 0 Å². The summed E-state index contributed by atoms with van der Waals surface area (Å²) in [6.07, 6.45) is 4.00. The highest BCUT2D eigenvalue weighted by Gasteiger charge is 2.59. The fourth-order valence-electron chi connectivity index (χ4n) is 3.75. The summed E-state index contributed by atoms with van der Waals surface area (Å²) in [5, 5.41) is 9.70. The smallest absolute Gasteiger partial charge is 0.272 e. The average Bonchev–Trinajstić information content (AvgIpc) is 2.88. The van der Waals surface area contributed by atoms with Gasteiger partial charge in [0.1, 0.15) is 11.7 Å². The molecule has 136 valence electrons. The van der Waals surface area contributed by atoms with Crippen LogP contribution in [0.15, 0.2) is 36.5 Å². The minimum Gasteiger partial charge on any atom is -0.392 e. The molecule has 1 aliphatic carbocycles. The van der Waals surface area contributed by atoms with Gasteiger partial charge in [0.15, 0.2) is 5.11 Å². The number of carbonyl (C=O) groups is 1. The molecule has 1 spiro atoms. The largest absolute Gasteiger partial charge is 0.392 e. The lowest BCUT2D eigenvalue weighted by atomic mass is 9.75. The Hall–Kier alpha value is -2.82. The number of amides is 1. The lowest BCUT2D eigenvalue weighted by molar-refractivity contribution is -0.123. The Labute approximate surface area is 162 Å². The van der Waals surface area contributed by atoms with Crippen molar-refractivity contribution in [3.63, 3.8) is 0 Å². The molecule has 2 aromatic rings. The van der Waals surface area contributed by atoms with Gasteiger partial charge in [-0.25, -0.2) is 0 Å². The number of aromatic nitrogens is 1. The van der Waals surface area contributed by atoms with Crippen LogP contribution < -0.4 is 9.80 Å². The SMILES string of the molecule is [C-]#[N+]c1ncc(N2C(=O)C3(CCC3)N(c3ccc(CO)cc3)C2=S)cc1C. The first-order chi connectivity index (χ1) is 13.0. The first kappa shape index (κ1) is 17.6. The highest BCUT2D eigenvalue weighted by Crippen LogP contribution is 2.47. The Bertz CT molecular complexity index is 976. The molecule has 6 nitrogen and oxygen atoms in total. The van der Waals surface area contributed by atoms with Gasteiger partial charge >= 0.3 is 0 Å². The van der Waals surface area contributed by atoms with E-state index >= 15 is 0 Å². The zero-order chi connectivity index (χ0) is 19.2. The molecule has 4 rings (SSSR count). The monoisotopic (exact) mass is 378 g/mol. The highest BCUT2D eigenvalue weighted by atomic mass is 32.1. The van der Waals surface area contributed by atoms with Crippen LogP contribution in [0.4, 0.5) is 17.2 Å². The zero-order valence-corrected chi connectivity index (χ0v) is 15.7. The quantitative estimate of drug-likeness (QED) is 0.654. The summed E-state index contributed by atoms with van der Waals surface area (Å²) in [5.41, 5.74) is 2.31. The number of aryl methyl sites for hydroxylation is 1. The summed E-state index contributed by atoms with van der Waals surface area (Å²) in [6, 6.07) is 9.25. The summed E-state index contributed by atoms with van der Waals surface area (Å²) in [5.74, 6) is 0.285. The molecule has 0 radical (unpaired) electrons. The molecule has 1 aromatic heterocycles. The van der Waals surface area contributed by atoms with E-state index in [1.807, 2.05) is 29.2 Å². The second-order valence-corrected chi connectivity index (χ2v) is 7.28. The van der Waals surface area contributed by atoms with Crippen molar-refractivity contribution < 1.29 is 9.90 Å². The molecule has 27 heavy (non-hydrogen) atoms. The molecule has 2 heterocycles. The standard InChI is InChI=1S/C20H18N4O2S/c1-13-10-16(11-22-17(13)21-2)23-18(26)20(8-3-9-20)24(19(23)27)15-6-4-14(12-25)5-7-15/h4-7,10-11,25H,3,8-9,12H2,1H3. The van der Waals surface area contributed by atoms with E-state index < -0.39 is 5.54 Å². The topological polar surface area (TPSA) is 61.0 Å². The second-order valence-electron chi connectivity index (χ2n) is 6.91. The van der Waals surface area contributed by atoms with E-state index in [1.165, 1.54) is 6.20 Å². The highest BCUT2D eigenvalue weighted by molar-refractivity contribution is 7.81. The van der Waals surface area contributed by atoms with Gasteiger partial charge in [-0.2, -0.15) is 0 Å². The van der Waals surface area contributed by atoms with Crippen molar-refractivity contribution in [2.45, 2.75) is 38.3 Å². The lowest BCUT2D eigenvalue weighted by Crippen LogP contribution is -2.55. The molecular formula is C20H18N4O2S. The summed E-state index contributed by atoms with van der Waals surface area (Å²) in [6.45, 7) is 8.93. The number of carbonyl (C=O) groups excluding carboxylic acids is 1. The molecule has 1 saturated heterocycles. The van der Waals surface area contributed by atoms with Gasteiger partial charge in [-0.3, -0.25) is 9.69 Å². The zero-order valence-electron chi connectivity index (χ0n) is 14.8.